The Hall–Kier alpha value is -0.820. The first-order valence-corrected chi connectivity index (χ1v) is 10.4. The molecule has 0 aromatic heterocycles. The molecule has 1 N–H and O–H groups in total. The third-order valence-corrected chi connectivity index (χ3v) is 7.09. The molecule has 134 valence electrons. The van der Waals surface area contributed by atoms with E-state index < -0.39 is 10.0 Å². The fourth-order valence-corrected chi connectivity index (χ4v) is 5.20. The zero-order valence-corrected chi connectivity index (χ0v) is 15.6. The van der Waals surface area contributed by atoms with Crippen molar-refractivity contribution in [3.63, 3.8) is 0 Å². The normalized spacial score (nSPS) is 22.5. The quantitative estimate of drug-likeness (QED) is 0.799. The SMILES string of the molecule is CNCC1CCN(S(=O)(=O)c2cc(Cl)ccc2OCC2CCC2)C1. The molecule has 2 aliphatic rings. The Bertz CT molecular complexity index is 676. The first-order chi connectivity index (χ1) is 11.5. The van der Waals surface area contributed by atoms with Crippen LogP contribution in [0.5, 0.6) is 5.75 Å². The van der Waals surface area contributed by atoms with Gasteiger partial charge in [0.25, 0.3) is 0 Å². The maximum Gasteiger partial charge on any atom is 0.246 e. The van der Waals surface area contributed by atoms with E-state index in [1.165, 1.54) is 12.5 Å². The number of benzene rings is 1. The predicted octanol–water partition coefficient (Wildman–Crippen LogP) is 2.75. The molecule has 1 atom stereocenters. The van der Waals surface area contributed by atoms with E-state index in [2.05, 4.69) is 5.32 Å². The van der Waals surface area contributed by atoms with Crippen molar-refractivity contribution in [2.75, 3.05) is 33.3 Å². The lowest BCUT2D eigenvalue weighted by molar-refractivity contribution is 0.177. The summed E-state index contributed by atoms with van der Waals surface area (Å²) in [6.07, 6.45) is 4.43. The van der Waals surface area contributed by atoms with Gasteiger partial charge in [-0.2, -0.15) is 4.31 Å². The van der Waals surface area contributed by atoms with Gasteiger partial charge in [-0.3, -0.25) is 0 Å². The second kappa shape index (κ2) is 7.60. The van der Waals surface area contributed by atoms with E-state index in [1.807, 2.05) is 7.05 Å². The summed E-state index contributed by atoms with van der Waals surface area (Å²) in [5.74, 6) is 1.31. The fourth-order valence-electron chi connectivity index (χ4n) is 3.28. The summed E-state index contributed by atoms with van der Waals surface area (Å²) in [5, 5.41) is 3.53. The van der Waals surface area contributed by atoms with E-state index in [-0.39, 0.29) is 4.90 Å². The minimum atomic E-state index is -3.58. The van der Waals surface area contributed by atoms with Crippen LogP contribution in [0.4, 0.5) is 0 Å². The summed E-state index contributed by atoms with van der Waals surface area (Å²) in [7, 11) is -1.69. The Labute approximate surface area is 149 Å². The number of ether oxygens (including phenoxy) is 1. The van der Waals surface area contributed by atoms with Crippen molar-refractivity contribution in [1.82, 2.24) is 9.62 Å². The number of nitrogens with one attached hydrogen (secondary N) is 1. The molecule has 5 nitrogen and oxygen atoms in total. The van der Waals surface area contributed by atoms with Gasteiger partial charge in [0.15, 0.2) is 0 Å². The molecule has 1 aliphatic carbocycles. The van der Waals surface area contributed by atoms with Crippen molar-refractivity contribution < 1.29 is 13.2 Å². The molecule has 1 aliphatic heterocycles. The van der Waals surface area contributed by atoms with Crippen LogP contribution >= 0.6 is 11.6 Å². The van der Waals surface area contributed by atoms with Crippen molar-refractivity contribution >= 4 is 21.6 Å². The van der Waals surface area contributed by atoms with Crippen molar-refractivity contribution in [3.05, 3.63) is 23.2 Å². The Morgan fingerprint density at radius 1 is 1.29 bits per heavy atom. The highest BCUT2D eigenvalue weighted by atomic mass is 35.5. The third kappa shape index (κ3) is 3.87. The molecule has 0 bridgehead atoms. The molecule has 0 amide bonds. The smallest absolute Gasteiger partial charge is 0.246 e. The van der Waals surface area contributed by atoms with Gasteiger partial charge in [0.2, 0.25) is 10.0 Å². The molecule has 7 heteroatoms. The highest BCUT2D eigenvalue weighted by Gasteiger charge is 2.34. The Balaban J connectivity index is 1.79. The average Bonchev–Trinajstić information content (AvgIpc) is 2.97. The molecule has 1 saturated heterocycles. The molecule has 1 unspecified atom stereocenters. The van der Waals surface area contributed by atoms with Gasteiger partial charge in [0.05, 0.1) is 6.61 Å². The molecule has 1 aromatic carbocycles. The van der Waals surface area contributed by atoms with Crippen LogP contribution in [-0.2, 0) is 10.0 Å². The minimum Gasteiger partial charge on any atom is -0.492 e. The van der Waals surface area contributed by atoms with Crippen LogP contribution in [0.15, 0.2) is 23.1 Å². The highest BCUT2D eigenvalue weighted by molar-refractivity contribution is 7.89. The number of halogens is 1. The number of rotatable bonds is 7. The lowest BCUT2D eigenvalue weighted by atomic mass is 9.86. The predicted molar refractivity (Wildman–Crippen MR) is 95.1 cm³/mol. The number of sulfonamides is 1. The number of hydrogen-bond acceptors (Lipinski definition) is 4. The summed E-state index contributed by atoms with van der Waals surface area (Å²) in [4.78, 5) is 0.194. The molecule has 2 fully saturated rings. The molecular weight excluding hydrogens is 348 g/mol. The lowest BCUT2D eigenvalue weighted by Crippen LogP contribution is -2.31. The standard InChI is InChI=1S/C17H25ClN2O3S/c1-19-10-14-7-8-20(11-14)24(21,22)17-9-15(18)5-6-16(17)23-12-13-3-2-4-13/h5-6,9,13-14,19H,2-4,7-8,10-12H2,1H3. The van der Waals surface area contributed by atoms with Crippen molar-refractivity contribution in [3.8, 4) is 5.75 Å². The summed E-state index contributed by atoms with van der Waals surface area (Å²) in [6.45, 7) is 2.49. The average molecular weight is 373 g/mol. The zero-order chi connectivity index (χ0) is 17.2. The van der Waals surface area contributed by atoms with Gasteiger partial charge < -0.3 is 10.1 Å². The molecule has 1 heterocycles. The van der Waals surface area contributed by atoms with Crippen molar-refractivity contribution in [2.45, 2.75) is 30.6 Å². The second-order valence-electron chi connectivity index (χ2n) is 6.77. The van der Waals surface area contributed by atoms with Crippen LogP contribution in [0.2, 0.25) is 5.02 Å². The van der Waals surface area contributed by atoms with Gasteiger partial charge in [-0.1, -0.05) is 18.0 Å². The number of hydrogen-bond donors (Lipinski definition) is 1. The monoisotopic (exact) mass is 372 g/mol. The maximum absolute atomic E-state index is 13.1. The van der Waals surface area contributed by atoms with E-state index in [1.54, 1.807) is 16.4 Å². The van der Waals surface area contributed by atoms with Gasteiger partial charge in [-0.25, -0.2) is 8.42 Å². The molecule has 0 radical (unpaired) electrons. The van der Waals surface area contributed by atoms with Crippen molar-refractivity contribution in [2.24, 2.45) is 11.8 Å². The second-order valence-corrected chi connectivity index (χ2v) is 9.12. The molecular formula is C17H25ClN2O3S. The summed E-state index contributed by atoms with van der Waals surface area (Å²) >= 11 is 6.06. The van der Waals surface area contributed by atoms with Gasteiger partial charge in [-0.05, 0) is 62.9 Å². The topological polar surface area (TPSA) is 58.6 Å². The van der Waals surface area contributed by atoms with Gasteiger partial charge in [0.1, 0.15) is 10.6 Å². The lowest BCUT2D eigenvalue weighted by Gasteiger charge is -2.26. The van der Waals surface area contributed by atoms with Crippen molar-refractivity contribution in [1.29, 1.82) is 0 Å². The molecule has 1 saturated carbocycles. The van der Waals surface area contributed by atoms with E-state index in [0.29, 0.717) is 42.3 Å². The Morgan fingerprint density at radius 2 is 2.08 bits per heavy atom. The van der Waals surface area contributed by atoms with Crippen LogP contribution in [0, 0.1) is 11.8 Å². The summed E-state index contributed by atoms with van der Waals surface area (Å²) in [5.41, 5.74) is 0. The minimum absolute atomic E-state index is 0.194. The van der Waals surface area contributed by atoms with Crippen LogP contribution in [0.1, 0.15) is 25.7 Å². The largest absolute Gasteiger partial charge is 0.492 e. The van der Waals surface area contributed by atoms with E-state index in [9.17, 15) is 8.42 Å². The van der Waals surface area contributed by atoms with Crippen LogP contribution in [0.3, 0.4) is 0 Å². The molecule has 3 rings (SSSR count). The van der Waals surface area contributed by atoms with Crippen LogP contribution in [-0.4, -0.2) is 46.0 Å². The van der Waals surface area contributed by atoms with Crippen LogP contribution in [0.25, 0.3) is 0 Å². The number of nitrogens with zero attached hydrogens (tertiary/aromatic N) is 1. The summed E-state index contributed by atoms with van der Waals surface area (Å²) in [6, 6.07) is 4.87. The molecule has 1 aromatic rings. The van der Waals surface area contributed by atoms with Gasteiger partial charge >= 0.3 is 0 Å². The Kier molecular flexibility index (Phi) is 5.70. The van der Waals surface area contributed by atoms with Crippen LogP contribution < -0.4 is 10.1 Å². The summed E-state index contributed by atoms with van der Waals surface area (Å²) < 4.78 is 33.5. The first-order valence-electron chi connectivity index (χ1n) is 8.58. The van der Waals surface area contributed by atoms with Gasteiger partial charge in [0, 0.05) is 18.1 Å². The molecule has 0 spiro atoms. The Morgan fingerprint density at radius 3 is 2.75 bits per heavy atom. The fraction of sp³-hybridized carbons (Fsp3) is 0.647. The molecule has 24 heavy (non-hydrogen) atoms. The van der Waals surface area contributed by atoms with E-state index in [4.69, 9.17) is 16.3 Å². The maximum atomic E-state index is 13.1. The van der Waals surface area contributed by atoms with Gasteiger partial charge in [-0.15, -0.1) is 0 Å². The zero-order valence-electron chi connectivity index (χ0n) is 14.0. The third-order valence-electron chi connectivity index (χ3n) is 4.96. The van der Waals surface area contributed by atoms with E-state index >= 15 is 0 Å². The first kappa shape index (κ1) is 18.0. The highest BCUT2D eigenvalue weighted by Crippen LogP contribution is 2.34. The van der Waals surface area contributed by atoms with E-state index in [0.717, 1.165) is 25.8 Å².